The van der Waals surface area contributed by atoms with E-state index in [2.05, 4.69) is 21.2 Å². The summed E-state index contributed by atoms with van der Waals surface area (Å²) in [6, 6.07) is 5.14. The maximum atomic E-state index is 12.9. The van der Waals surface area contributed by atoms with Crippen molar-refractivity contribution in [2.75, 3.05) is 24.6 Å². The number of nitrogens with zero attached hydrogens (tertiary/aromatic N) is 3. The van der Waals surface area contributed by atoms with Gasteiger partial charge in [-0.3, -0.25) is 19.0 Å². The minimum Gasteiger partial charge on any atom is -0.384 e. The molecule has 0 aliphatic rings. The van der Waals surface area contributed by atoms with Crippen LogP contribution in [0.1, 0.15) is 6.92 Å². The molecule has 2 rings (SSSR count). The molecule has 0 aliphatic carbocycles. The largest absolute Gasteiger partial charge is 0.384 e. The highest BCUT2D eigenvalue weighted by atomic mass is 79.9. The highest BCUT2D eigenvalue weighted by molar-refractivity contribution is 9.10. The van der Waals surface area contributed by atoms with Crippen LogP contribution >= 0.6 is 15.9 Å². The van der Waals surface area contributed by atoms with E-state index >= 15 is 0 Å². The van der Waals surface area contributed by atoms with Gasteiger partial charge in [0.15, 0.2) is 0 Å². The van der Waals surface area contributed by atoms with Gasteiger partial charge in [-0.2, -0.15) is 0 Å². The predicted molar refractivity (Wildman–Crippen MR) is 105 cm³/mol. The van der Waals surface area contributed by atoms with Gasteiger partial charge in [-0.05, 0) is 47.1 Å². The zero-order valence-corrected chi connectivity index (χ0v) is 16.8. The number of rotatable bonds is 6. The van der Waals surface area contributed by atoms with Gasteiger partial charge in [0.25, 0.3) is 5.56 Å². The lowest BCUT2D eigenvalue weighted by molar-refractivity contribution is -0.133. The number of nitrogens with two attached hydrogens (primary N) is 1. The van der Waals surface area contributed by atoms with Gasteiger partial charge in [-0.1, -0.05) is 0 Å². The van der Waals surface area contributed by atoms with Crippen LogP contribution in [0, 0.1) is 5.82 Å². The number of likely N-dealkylation sites (N-methyl/N-ethyl adjacent to an activating group) is 1. The lowest BCUT2D eigenvalue weighted by Crippen LogP contribution is -2.46. The maximum absolute atomic E-state index is 12.9. The van der Waals surface area contributed by atoms with E-state index in [0.717, 1.165) is 14.0 Å². The normalized spacial score (nSPS) is 10.6. The molecule has 0 fully saturated rings. The Labute approximate surface area is 167 Å². The molecule has 0 unspecified atom stereocenters. The summed E-state index contributed by atoms with van der Waals surface area (Å²) in [5.41, 5.74) is 4.66. The van der Waals surface area contributed by atoms with Crippen molar-refractivity contribution in [1.82, 2.24) is 14.0 Å². The fraction of sp³-hybridized carbons (Fsp3) is 0.294. The first-order valence-corrected chi connectivity index (χ1v) is 9.03. The van der Waals surface area contributed by atoms with E-state index in [1.807, 2.05) is 0 Å². The number of halogens is 2. The Hall–Kier alpha value is -2.95. The second kappa shape index (κ2) is 8.83. The third-order valence-corrected chi connectivity index (χ3v) is 4.70. The van der Waals surface area contributed by atoms with Crippen LogP contribution in [0.4, 0.5) is 15.9 Å². The van der Waals surface area contributed by atoms with Gasteiger partial charge < -0.3 is 16.0 Å². The van der Waals surface area contributed by atoms with E-state index in [1.54, 1.807) is 6.92 Å². The number of hydrogen-bond donors (Lipinski definition) is 2. The van der Waals surface area contributed by atoms with Gasteiger partial charge in [-0.25, -0.2) is 13.8 Å². The highest BCUT2D eigenvalue weighted by Crippen LogP contribution is 2.11. The standard InChI is InChI=1S/C17H19BrFN5O4/c1-3-23-15(20)14(18)16(27)24(17(23)28)9-13(26)22(2)8-12(25)21-11-6-4-10(19)5-7-11/h4-7H,3,8-9,20H2,1-2H3,(H,21,25). The number of nitrogen functional groups attached to an aromatic ring is 1. The average molecular weight is 456 g/mol. The number of anilines is 2. The quantitative estimate of drug-likeness (QED) is 0.661. The number of carbonyl (C=O) groups excluding carboxylic acids is 2. The molecule has 2 aromatic rings. The van der Waals surface area contributed by atoms with Crippen LogP contribution in [0.15, 0.2) is 38.3 Å². The fourth-order valence-corrected chi connectivity index (χ4v) is 2.85. The second-order valence-corrected chi connectivity index (χ2v) is 6.72. The molecular weight excluding hydrogens is 437 g/mol. The molecule has 0 atom stereocenters. The van der Waals surface area contributed by atoms with Gasteiger partial charge in [0, 0.05) is 19.3 Å². The molecule has 0 bridgehead atoms. The Morgan fingerprint density at radius 2 is 1.82 bits per heavy atom. The van der Waals surface area contributed by atoms with Crippen LogP contribution < -0.4 is 22.3 Å². The molecule has 1 aromatic carbocycles. The minimum atomic E-state index is -0.732. The van der Waals surface area contributed by atoms with E-state index in [1.165, 1.54) is 31.3 Å². The summed E-state index contributed by atoms with van der Waals surface area (Å²) in [6.45, 7) is 1.03. The van der Waals surface area contributed by atoms with Crippen LogP contribution in [0.5, 0.6) is 0 Å². The van der Waals surface area contributed by atoms with Crippen LogP contribution in [0.25, 0.3) is 0 Å². The van der Waals surface area contributed by atoms with Crippen molar-refractivity contribution in [2.45, 2.75) is 20.0 Å². The Morgan fingerprint density at radius 1 is 1.21 bits per heavy atom. The third-order valence-electron chi connectivity index (χ3n) is 3.95. The van der Waals surface area contributed by atoms with Crippen molar-refractivity contribution in [3.8, 4) is 0 Å². The number of nitrogens with one attached hydrogen (secondary N) is 1. The fourth-order valence-electron chi connectivity index (χ4n) is 2.42. The summed E-state index contributed by atoms with van der Waals surface area (Å²) in [5.74, 6) is -1.59. The van der Waals surface area contributed by atoms with E-state index in [4.69, 9.17) is 5.73 Å². The summed E-state index contributed by atoms with van der Waals surface area (Å²) in [6.07, 6.45) is 0. The van der Waals surface area contributed by atoms with E-state index in [-0.39, 0.29) is 23.4 Å². The molecule has 1 aromatic heterocycles. The number of aromatic nitrogens is 2. The van der Waals surface area contributed by atoms with Gasteiger partial charge in [0.05, 0.1) is 6.54 Å². The number of hydrogen-bond acceptors (Lipinski definition) is 5. The topological polar surface area (TPSA) is 119 Å². The summed E-state index contributed by atoms with van der Waals surface area (Å²) in [5, 5.41) is 2.52. The zero-order valence-electron chi connectivity index (χ0n) is 15.2. The molecule has 0 spiro atoms. The molecule has 0 aliphatic heterocycles. The summed E-state index contributed by atoms with van der Waals surface area (Å²) in [4.78, 5) is 50.2. The molecular formula is C17H19BrFN5O4. The van der Waals surface area contributed by atoms with Crippen LogP contribution in [0.2, 0.25) is 0 Å². The molecule has 9 nitrogen and oxygen atoms in total. The van der Waals surface area contributed by atoms with Crippen molar-refractivity contribution < 1.29 is 14.0 Å². The van der Waals surface area contributed by atoms with Gasteiger partial charge in [-0.15, -0.1) is 0 Å². The number of amides is 2. The molecule has 0 saturated heterocycles. The molecule has 2 amide bonds. The van der Waals surface area contributed by atoms with Crippen molar-refractivity contribution in [1.29, 1.82) is 0 Å². The van der Waals surface area contributed by atoms with Crippen LogP contribution in [0.3, 0.4) is 0 Å². The van der Waals surface area contributed by atoms with Crippen LogP contribution in [-0.4, -0.2) is 39.4 Å². The zero-order chi connectivity index (χ0) is 21.0. The smallest absolute Gasteiger partial charge is 0.333 e. The Kier molecular flexibility index (Phi) is 6.73. The van der Waals surface area contributed by atoms with E-state index in [9.17, 15) is 23.6 Å². The first-order valence-electron chi connectivity index (χ1n) is 8.23. The van der Waals surface area contributed by atoms with Crippen molar-refractivity contribution in [2.24, 2.45) is 0 Å². The third kappa shape index (κ3) is 4.66. The Bertz CT molecular complexity index is 1020. The first-order chi connectivity index (χ1) is 13.1. The van der Waals surface area contributed by atoms with E-state index < -0.39 is 35.4 Å². The van der Waals surface area contributed by atoms with Gasteiger partial charge in [0.1, 0.15) is 22.7 Å². The molecule has 0 saturated carbocycles. The summed E-state index contributed by atoms with van der Waals surface area (Å²) >= 11 is 3.03. The molecule has 28 heavy (non-hydrogen) atoms. The van der Waals surface area contributed by atoms with Crippen molar-refractivity contribution >= 4 is 39.2 Å². The van der Waals surface area contributed by atoms with Crippen molar-refractivity contribution in [3.63, 3.8) is 0 Å². The number of carbonyl (C=O) groups is 2. The monoisotopic (exact) mass is 455 g/mol. The number of benzene rings is 1. The second-order valence-electron chi connectivity index (χ2n) is 5.92. The lowest BCUT2D eigenvalue weighted by Gasteiger charge is -2.18. The molecule has 3 N–H and O–H groups in total. The minimum absolute atomic E-state index is 0.0153. The predicted octanol–water partition coefficient (Wildman–Crippen LogP) is 0.611. The molecule has 1 heterocycles. The lowest BCUT2D eigenvalue weighted by atomic mass is 10.3. The van der Waals surface area contributed by atoms with Crippen molar-refractivity contribution in [3.05, 3.63) is 55.4 Å². The summed E-state index contributed by atoms with van der Waals surface area (Å²) < 4.78 is 14.8. The average Bonchev–Trinajstić information content (AvgIpc) is 2.65. The summed E-state index contributed by atoms with van der Waals surface area (Å²) in [7, 11) is 1.36. The molecule has 11 heteroatoms. The van der Waals surface area contributed by atoms with E-state index in [0.29, 0.717) is 5.69 Å². The van der Waals surface area contributed by atoms with Gasteiger partial charge >= 0.3 is 5.69 Å². The van der Waals surface area contributed by atoms with Gasteiger partial charge in [0.2, 0.25) is 11.8 Å². The Morgan fingerprint density at radius 3 is 2.39 bits per heavy atom. The molecule has 150 valence electrons. The SMILES string of the molecule is CCn1c(N)c(Br)c(=O)n(CC(=O)N(C)CC(=O)Nc2ccc(F)cc2)c1=O. The maximum Gasteiger partial charge on any atom is 0.333 e. The van der Waals surface area contributed by atoms with Crippen LogP contribution in [-0.2, 0) is 22.7 Å². The molecule has 0 radical (unpaired) electrons. The first kappa shape index (κ1) is 21.4. The Balaban J connectivity index is 2.11. The highest BCUT2D eigenvalue weighted by Gasteiger charge is 2.19.